The SMILES string of the molecule is C=CCCC(N)c1cc(Cl)cc(Br)c1. The molecule has 0 heterocycles. The molecule has 1 aromatic rings. The van der Waals surface area contributed by atoms with Gasteiger partial charge in [0.1, 0.15) is 0 Å². The maximum absolute atomic E-state index is 5.99. The number of halogens is 2. The highest BCUT2D eigenvalue weighted by atomic mass is 79.9. The van der Waals surface area contributed by atoms with E-state index in [1.54, 1.807) is 0 Å². The maximum Gasteiger partial charge on any atom is 0.0420 e. The Morgan fingerprint density at radius 1 is 1.50 bits per heavy atom. The number of hydrogen-bond acceptors (Lipinski definition) is 1. The fourth-order valence-electron chi connectivity index (χ4n) is 1.25. The Morgan fingerprint density at radius 2 is 2.21 bits per heavy atom. The van der Waals surface area contributed by atoms with Gasteiger partial charge in [-0.25, -0.2) is 0 Å². The van der Waals surface area contributed by atoms with Crippen molar-refractivity contribution in [3.63, 3.8) is 0 Å². The molecule has 1 rings (SSSR count). The minimum Gasteiger partial charge on any atom is -0.324 e. The molecule has 0 amide bonds. The highest BCUT2D eigenvalue weighted by molar-refractivity contribution is 9.10. The van der Waals surface area contributed by atoms with Gasteiger partial charge < -0.3 is 5.73 Å². The van der Waals surface area contributed by atoms with Gasteiger partial charge in [-0.3, -0.25) is 0 Å². The molecular formula is C11H13BrClN. The van der Waals surface area contributed by atoms with Crippen LogP contribution in [-0.2, 0) is 0 Å². The molecule has 1 unspecified atom stereocenters. The Kier molecular flexibility index (Phi) is 4.66. The van der Waals surface area contributed by atoms with Crippen molar-refractivity contribution < 1.29 is 0 Å². The molecule has 3 heteroatoms. The lowest BCUT2D eigenvalue weighted by atomic mass is 10.0. The van der Waals surface area contributed by atoms with Crippen molar-refractivity contribution in [2.45, 2.75) is 18.9 Å². The quantitative estimate of drug-likeness (QED) is 0.823. The Labute approximate surface area is 98.1 Å². The summed E-state index contributed by atoms with van der Waals surface area (Å²) in [7, 11) is 0. The van der Waals surface area contributed by atoms with Crippen molar-refractivity contribution in [1.29, 1.82) is 0 Å². The van der Waals surface area contributed by atoms with Gasteiger partial charge >= 0.3 is 0 Å². The molecule has 0 aromatic heterocycles. The van der Waals surface area contributed by atoms with Crippen molar-refractivity contribution >= 4 is 27.5 Å². The van der Waals surface area contributed by atoms with Crippen molar-refractivity contribution in [3.8, 4) is 0 Å². The van der Waals surface area contributed by atoms with Crippen LogP contribution in [-0.4, -0.2) is 0 Å². The first-order valence-electron chi connectivity index (χ1n) is 4.46. The molecule has 0 saturated heterocycles. The number of nitrogens with two attached hydrogens (primary N) is 1. The Bertz CT molecular complexity index is 305. The van der Waals surface area contributed by atoms with Crippen LogP contribution in [0.3, 0.4) is 0 Å². The summed E-state index contributed by atoms with van der Waals surface area (Å²) in [6.07, 6.45) is 3.70. The van der Waals surface area contributed by atoms with Crippen LogP contribution < -0.4 is 5.73 Å². The Balaban J connectivity index is 2.78. The van der Waals surface area contributed by atoms with Crippen LogP contribution in [0, 0.1) is 0 Å². The first kappa shape index (κ1) is 11.8. The largest absolute Gasteiger partial charge is 0.324 e. The lowest BCUT2D eigenvalue weighted by Gasteiger charge is -2.11. The number of benzene rings is 1. The van der Waals surface area contributed by atoms with Crippen LogP contribution in [0.25, 0.3) is 0 Å². The molecule has 0 aliphatic carbocycles. The molecule has 0 aliphatic rings. The standard InChI is InChI=1S/C11H13BrClN/c1-2-3-4-11(14)8-5-9(12)7-10(13)6-8/h2,5-7,11H,1,3-4,14H2. The molecule has 0 spiro atoms. The Hall–Kier alpha value is -0.310. The second kappa shape index (κ2) is 5.54. The normalized spacial score (nSPS) is 12.5. The zero-order chi connectivity index (χ0) is 10.6. The number of hydrogen-bond donors (Lipinski definition) is 1. The van der Waals surface area contributed by atoms with Crippen LogP contribution in [0.5, 0.6) is 0 Å². The third-order valence-electron chi connectivity index (χ3n) is 1.99. The first-order valence-corrected chi connectivity index (χ1v) is 5.63. The fourth-order valence-corrected chi connectivity index (χ4v) is 2.14. The van der Waals surface area contributed by atoms with Gasteiger partial charge in [-0.15, -0.1) is 6.58 Å². The van der Waals surface area contributed by atoms with Gasteiger partial charge in [0.2, 0.25) is 0 Å². The lowest BCUT2D eigenvalue weighted by molar-refractivity contribution is 0.661. The predicted molar refractivity (Wildman–Crippen MR) is 65.5 cm³/mol. The predicted octanol–water partition coefficient (Wildman–Crippen LogP) is 4.07. The van der Waals surface area contributed by atoms with E-state index in [0.29, 0.717) is 5.02 Å². The third kappa shape index (κ3) is 3.45. The van der Waals surface area contributed by atoms with E-state index in [0.717, 1.165) is 22.9 Å². The smallest absolute Gasteiger partial charge is 0.0420 e. The van der Waals surface area contributed by atoms with Crippen molar-refractivity contribution in [3.05, 3.63) is 45.9 Å². The summed E-state index contributed by atoms with van der Waals surface area (Å²) in [6, 6.07) is 5.79. The minimum absolute atomic E-state index is 0.0306. The molecule has 0 radical (unpaired) electrons. The summed E-state index contributed by atoms with van der Waals surface area (Å²) in [5, 5.41) is 0.712. The first-order chi connectivity index (χ1) is 6.63. The van der Waals surface area contributed by atoms with Gasteiger partial charge in [-0.2, -0.15) is 0 Å². The highest BCUT2D eigenvalue weighted by Crippen LogP contribution is 2.24. The molecule has 1 atom stereocenters. The third-order valence-corrected chi connectivity index (χ3v) is 2.67. The summed E-state index contributed by atoms with van der Waals surface area (Å²) in [4.78, 5) is 0. The van der Waals surface area contributed by atoms with Gasteiger partial charge in [-0.05, 0) is 36.6 Å². The average Bonchev–Trinajstić information content (AvgIpc) is 2.12. The zero-order valence-corrected chi connectivity index (χ0v) is 10.2. The molecule has 0 fully saturated rings. The van der Waals surface area contributed by atoms with Gasteiger partial charge in [0.05, 0.1) is 0 Å². The topological polar surface area (TPSA) is 26.0 Å². The molecule has 76 valence electrons. The summed E-state index contributed by atoms with van der Waals surface area (Å²) in [5.74, 6) is 0. The van der Waals surface area contributed by atoms with Gasteiger partial charge in [0.15, 0.2) is 0 Å². The zero-order valence-electron chi connectivity index (χ0n) is 7.84. The summed E-state index contributed by atoms with van der Waals surface area (Å²) in [5.41, 5.74) is 7.05. The van der Waals surface area contributed by atoms with Crippen molar-refractivity contribution in [2.24, 2.45) is 5.73 Å². The Morgan fingerprint density at radius 3 is 2.79 bits per heavy atom. The van der Waals surface area contributed by atoms with E-state index in [9.17, 15) is 0 Å². The van der Waals surface area contributed by atoms with Crippen LogP contribution >= 0.6 is 27.5 Å². The molecule has 0 bridgehead atoms. The summed E-state index contributed by atoms with van der Waals surface area (Å²) >= 11 is 9.31. The molecule has 2 N–H and O–H groups in total. The lowest BCUT2D eigenvalue weighted by Crippen LogP contribution is -2.09. The van der Waals surface area contributed by atoms with Gasteiger partial charge in [-0.1, -0.05) is 33.6 Å². The molecule has 0 saturated carbocycles. The second-order valence-corrected chi connectivity index (χ2v) is 4.53. The maximum atomic E-state index is 5.99. The molecule has 1 aromatic carbocycles. The van der Waals surface area contributed by atoms with E-state index in [4.69, 9.17) is 17.3 Å². The molecular weight excluding hydrogens is 261 g/mol. The van der Waals surface area contributed by atoms with Crippen molar-refractivity contribution in [1.82, 2.24) is 0 Å². The number of rotatable bonds is 4. The van der Waals surface area contributed by atoms with Crippen LogP contribution in [0.1, 0.15) is 24.4 Å². The van der Waals surface area contributed by atoms with Crippen LogP contribution in [0.2, 0.25) is 5.02 Å². The van der Waals surface area contributed by atoms with E-state index in [2.05, 4.69) is 22.5 Å². The van der Waals surface area contributed by atoms with E-state index in [-0.39, 0.29) is 6.04 Å². The molecule has 1 nitrogen and oxygen atoms in total. The number of allylic oxidation sites excluding steroid dienone is 1. The monoisotopic (exact) mass is 273 g/mol. The van der Waals surface area contributed by atoms with E-state index in [1.165, 1.54) is 0 Å². The summed E-state index contributed by atoms with van der Waals surface area (Å²) < 4.78 is 0.967. The second-order valence-electron chi connectivity index (χ2n) is 3.18. The highest BCUT2D eigenvalue weighted by Gasteiger charge is 2.06. The molecule has 0 aliphatic heterocycles. The molecule has 14 heavy (non-hydrogen) atoms. The van der Waals surface area contributed by atoms with Gasteiger partial charge in [0.25, 0.3) is 0 Å². The minimum atomic E-state index is 0.0306. The average molecular weight is 275 g/mol. The van der Waals surface area contributed by atoms with Crippen LogP contribution in [0.4, 0.5) is 0 Å². The van der Waals surface area contributed by atoms with Crippen molar-refractivity contribution in [2.75, 3.05) is 0 Å². The van der Waals surface area contributed by atoms with Gasteiger partial charge in [0, 0.05) is 15.5 Å². The summed E-state index contributed by atoms with van der Waals surface area (Å²) in [6.45, 7) is 3.67. The fraction of sp³-hybridized carbons (Fsp3) is 0.273. The van der Waals surface area contributed by atoms with E-state index in [1.807, 2.05) is 24.3 Å². The van der Waals surface area contributed by atoms with E-state index >= 15 is 0 Å². The van der Waals surface area contributed by atoms with Crippen LogP contribution in [0.15, 0.2) is 35.3 Å². The van der Waals surface area contributed by atoms with E-state index < -0.39 is 0 Å².